The number of nitrogens with zero attached hydrogens (tertiary/aromatic N) is 1. The molecule has 0 saturated heterocycles. The number of ether oxygens (including phenoxy) is 1. The summed E-state index contributed by atoms with van der Waals surface area (Å²) in [5.74, 6) is 0. The third kappa shape index (κ3) is 2.27. The van der Waals surface area contributed by atoms with Crippen LogP contribution in [0.25, 0.3) is 0 Å². The van der Waals surface area contributed by atoms with Gasteiger partial charge < -0.3 is 4.74 Å². The summed E-state index contributed by atoms with van der Waals surface area (Å²) in [4.78, 5) is 3.63. The van der Waals surface area contributed by atoms with Crippen LogP contribution in [0.1, 0.15) is 24.2 Å². The number of halogens is 1. The summed E-state index contributed by atoms with van der Waals surface area (Å²) in [5, 5.41) is -0.347. The first-order chi connectivity index (χ1) is 7.88. The van der Waals surface area contributed by atoms with Crippen LogP contribution in [0.4, 0.5) is 0 Å². The van der Waals surface area contributed by atoms with E-state index in [1.54, 1.807) is 0 Å². The second-order valence-electron chi connectivity index (χ2n) is 1.20. The second kappa shape index (κ2) is 3.93. The Labute approximate surface area is 83.6 Å². The lowest BCUT2D eigenvalue weighted by Gasteiger charge is -1.95. The molecule has 0 bridgehead atoms. The first-order valence-electron chi connectivity index (χ1n) is 6.20. The Kier molecular flexibility index (Phi) is 0.964. The van der Waals surface area contributed by atoms with Crippen LogP contribution in [0, 0.1) is 0 Å². The van der Waals surface area contributed by atoms with Gasteiger partial charge in [0.2, 0.25) is 0 Å². The summed E-state index contributed by atoms with van der Waals surface area (Å²) >= 11 is 3.58. The predicted molar refractivity (Wildman–Crippen MR) is 45.6 cm³/mol. The van der Waals surface area contributed by atoms with Crippen molar-refractivity contribution >= 4 is 27.3 Å². The summed E-state index contributed by atoms with van der Waals surface area (Å²) in [6.45, 7) is -6.28. The van der Waals surface area contributed by atoms with Gasteiger partial charge in [-0.2, -0.15) is 4.98 Å². The van der Waals surface area contributed by atoms with Crippen molar-refractivity contribution in [3.8, 4) is 5.19 Å². The highest BCUT2D eigenvalue weighted by Crippen LogP contribution is 2.21. The zero-order valence-electron chi connectivity index (χ0n) is 12.6. The maximum Gasteiger partial charge on any atom is 0.274 e. The van der Waals surface area contributed by atoms with E-state index in [1.165, 1.54) is 0 Å². The van der Waals surface area contributed by atoms with Gasteiger partial charge >= 0.3 is 0 Å². The molecule has 1 rings (SSSR count). The number of hydrogen-bond acceptors (Lipinski definition) is 3. The molecule has 4 heteroatoms. The van der Waals surface area contributed by atoms with Crippen molar-refractivity contribution in [1.29, 1.82) is 0 Å². The lowest BCUT2D eigenvalue weighted by molar-refractivity contribution is 0.315. The molecule has 0 amide bonds. The summed E-state index contributed by atoms with van der Waals surface area (Å²) in [6, 6.07) is 0. The van der Waals surface area contributed by atoms with Crippen molar-refractivity contribution in [2.45, 2.75) is 13.2 Å². The molecule has 0 radical (unpaired) electrons. The molecule has 0 atom stereocenters. The highest BCUT2D eigenvalue weighted by molar-refractivity contribution is 9.10. The molecule has 0 aliphatic rings. The van der Waals surface area contributed by atoms with E-state index in [0.717, 1.165) is 0 Å². The Morgan fingerprint density at radius 1 is 2.20 bits per heavy atom. The number of rotatable bonds is 3. The van der Waals surface area contributed by atoms with Crippen LogP contribution in [0.5, 0.6) is 5.19 Å². The van der Waals surface area contributed by atoms with E-state index in [1.807, 2.05) is 0 Å². The Morgan fingerprint density at radius 3 is 3.70 bits per heavy atom. The lowest BCUT2D eigenvalue weighted by Crippen LogP contribution is -1.93. The third-order valence-electron chi connectivity index (χ3n) is 0.601. The molecule has 1 heterocycles. The summed E-state index contributed by atoms with van der Waals surface area (Å²) in [7, 11) is 0. The van der Waals surface area contributed by atoms with E-state index in [9.17, 15) is 0 Å². The molecule has 0 spiro atoms. The van der Waals surface area contributed by atoms with Crippen molar-refractivity contribution < 1.29 is 15.7 Å². The van der Waals surface area contributed by atoms with Gasteiger partial charge in [0.25, 0.3) is 5.19 Å². The van der Waals surface area contributed by atoms with E-state index >= 15 is 0 Å². The zero-order valence-corrected chi connectivity index (χ0v) is 7.04. The molecular formula is C6H8BrNOS. The number of aromatic nitrogens is 1. The minimum Gasteiger partial charge on any atom is -0.470 e. The minimum absolute atomic E-state index is 0.0322. The molecule has 0 saturated carbocycles. The normalized spacial score (nSPS) is 25.7. The average Bonchev–Trinajstić information content (AvgIpc) is 2.42. The minimum atomic E-state index is -3.21. The van der Waals surface area contributed by atoms with Gasteiger partial charge in [0.1, 0.15) is 4.60 Å². The number of thiazole rings is 1. The van der Waals surface area contributed by atoms with E-state index in [2.05, 4.69) is 25.7 Å². The zero-order chi connectivity index (χ0) is 14.4. The van der Waals surface area contributed by atoms with Gasteiger partial charge in [0, 0.05) is 12.2 Å². The fourth-order valence-corrected chi connectivity index (χ4v) is 1.28. The predicted octanol–water partition coefficient (Wildman–Crippen LogP) is 2.69. The van der Waals surface area contributed by atoms with Crippen molar-refractivity contribution in [1.82, 2.24) is 4.98 Å². The second-order valence-corrected chi connectivity index (χ2v) is 2.71. The first kappa shape index (κ1) is 2.45. The van der Waals surface area contributed by atoms with Crippen LogP contribution < -0.4 is 4.74 Å². The summed E-state index contributed by atoms with van der Waals surface area (Å²) in [6.07, 6.45) is -3.21. The molecule has 0 aliphatic carbocycles. The van der Waals surface area contributed by atoms with E-state index in [4.69, 9.17) is 11.0 Å². The van der Waals surface area contributed by atoms with E-state index in [0.29, 0.717) is 11.3 Å². The Morgan fingerprint density at radius 2 is 3.10 bits per heavy atom. The Hall–Kier alpha value is -0.0900. The highest BCUT2D eigenvalue weighted by atomic mass is 79.9. The quantitative estimate of drug-likeness (QED) is 0.796. The average molecular weight is 230 g/mol. The van der Waals surface area contributed by atoms with E-state index in [-0.39, 0.29) is 15.2 Å². The van der Waals surface area contributed by atoms with E-state index < -0.39 is 19.8 Å². The highest BCUT2D eigenvalue weighted by Gasteiger charge is 1.97. The van der Waals surface area contributed by atoms with Gasteiger partial charge in [-0.15, -0.1) is 0 Å². The van der Waals surface area contributed by atoms with Crippen LogP contribution in [0.3, 0.4) is 0 Å². The third-order valence-corrected chi connectivity index (χ3v) is 1.88. The van der Waals surface area contributed by atoms with Gasteiger partial charge in [-0.05, 0) is 22.3 Å². The van der Waals surface area contributed by atoms with Gasteiger partial charge in [0.15, 0.2) is 0 Å². The van der Waals surface area contributed by atoms with Crippen molar-refractivity contribution in [3.05, 3.63) is 9.96 Å². The smallest absolute Gasteiger partial charge is 0.274 e. The van der Waals surface area contributed by atoms with Gasteiger partial charge in [0.05, 0.1) is 10.7 Å². The molecule has 1 aromatic rings. The fraction of sp³-hybridized carbons (Fsp3) is 0.500. The summed E-state index contributed by atoms with van der Waals surface area (Å²) in [5.41, 5.74) is 0. The fourth-order valence-electron chi connectivity index (χ4n) is 0.324. The molecule has 56 valence electrons. The molecule has 0 aliphatic heterocycles. The molecule has 0 aromatic carbocycles. The van der Waals surface area contributed by atoms with Gasteiger partial charge in [-0.25, -0.2) is 0 Å². The first-order valence-corrected chi connectivity index (χ1v) is 3.81. The van der Waals surface area contributed by atoms with Crippen LogP contribution in [0.2, 0.25) is 0 Å². The molecule has 2 nitrogen and oxygen atoms in total. The van der Waals surface area contributed by atoms with Crippen molar-refractivity contribution in [2.75, 3.05) is 6.56 Å². The van der Waals surface area contributed by atoms with Crippen LogP contribution in [-0.4, -0.2) is 11.5 Å². The standard InChI is InChI=1S/C6H8BrNOS/c1-2-3-9-6-8-5(7)4-10-6/h4H,2-3H2,1H3/i1D3,2D2,3D2,4D. The number of hydrogen-bond donors (Lipinski definition) is 0. The van der Waals surface area contributed by atoms with Crippen LogP contribution in [0.15, 0.2) is 9.96 Å². The van der Waals surface area contributed by atoms with Crippen LogP contribution >= 0.6 is 27.3 Å². The topological polar surface area (TPSA) is 22.1 Å². The molecule has 0 unspecified atom stereocenters. The molecule has 0 fully saturated rings. The van der Waals surface area contributed by atoms with Gasteiger partial charge in [-0.1, -0.05) is 18.2 Å². The molecule has 0 N–H and O–H groups in total. The molecule has 1 aromatic heterocycles. The van der Waals surface area contributed by atoms with Crippen LogP contribution in [-0.2, 0) is 0 Å². The molecular weight excluding hydrogens is 214 g/mol. The Bertz CT molecular complexity index is 424. The van der Waals surface area contributed by atoms with Crippen molar-refractivity contribution in [3.63, 3.8) is 0 Å². The van der Waals surface area contributed by atoms with Gasteiger partial charge in [-0.3, -0.25) is 0 Å². The lowest BCUT2D eigenvalue weighted by atomic mass is 10.5. The summed E-state index contributed by atoms with van der Waals surface area (Å²) < 4.78 is 62.5. The molecule has 10 heavy (non-hydrogen) atoms. The maximum absolute atomic E-state index is 7.40. The largest absolute Gasteiger partial charge is 0.470 e. The SMILES string of the molecule is [2H]c1sc(OC([2H])([2H])C([2H])([2H])C([2H])([2H])[2H])nc1Br. The Balaban J connectivity index is 3.01. The maximum atomic E-state index is 7.40. The monoisotopic (exact) mass is 229 g/mol. The van der Waals surface area contributed by atoms with Crippen molar-refractivity contribution in [2.24, 2.45) is 0 Å².